The molecule has 8 nitrogen and oxygen atoms in total. The van der Waals surface area contributed by atoms with E-state index in [9.17, 15) is 9.59 Å². The van der Waals surface area contributed by atoms with Crippen LogP contribution >= 0.6 is 12.2 Å². The lowest BCUT2D eigenvalue weighted by atomic mass is 10.1. The average molecular weight is 477 g/mol. The molecule has 34 heavy (non-hydrogen) atoms. The molecule has 4 rings (SSSR count). The molecule has 1 aliphatic rings. The Morgan fingerprint density at radius 3 is 2.47 bits per heavy atom. The number of benzene rings is 1. The monoisotopic (exact) mass is 476 g/mol. The van der Waals surface area contributed by atoms with Gasteiger partial charge in [0.15, 0.2) is 5.11 Å². The molecule has 1 aliphatic heterocycles. The minimum Gasteiger partial charge on any atom is -0.497 e. The van der Waals surface area contributed by atoms with Gasteiger partial charge in [-0.2, -0.15) is 0 Å². The number of anilines is 1. The zero-order valence-electron chi connectivity index (χ0n) is 19.5. The number of carbonyl (C=O) groups is 2. The Labute approximate surface area is 202 Å². The highest BCUT2D eigenvalue weighted by molar-refractivity contribution is 7.80. The topological polar surface area (TPSA) is 85.7 Å². The quantitative estimate of drug-likeness (QED) is 0.344. The molecule has 1 N–H and O–H groups in total. The lowest BCUT2D eigenvalue weighted by Gasteiger charge is -2.30. The first kappa shape index (κ1) is 23.2. The predicted octanol–water partition coefficient (Wildman–Crippen LogP) is 3.65. The fourth-order valence-corrected chi connectivity index (χ4v) is 4.20. The summed E-state index contributed by atoms with van der Waals surface area (Å²) in [6.45, 7) is 5.87. The Bertz CT molecular complexity index is 1360. The second-order valence-corrected chi connectivity index (χ2v) is 8.24. The third kappa shape index (κ3) is 4.06. The highest BCUT2D eigenvalue weighted by Crippen LogP contribution is 2.34. The van der Waals surface area contributed by atoms with Crippen molar-refractivity contribution in [1.29, 1.82) is 0 Å². The van der Waals surface area contributed by atoms with Crippen LogP contribution in [0.3, 0.4) is 0 Å². The third-order valence-corrected chi connectivity index (χ3v) is 5.91. The summed E-state index contributed by atoms with van der Waals surface area (Å²) in [5, 5.41) is 2.59. The van der Waals surface area contributed by atoms with E-state index in [4.69, 9.17) is 21.7 Å². The van der Waals surface area contributed by atoms with Crippen LogP contribution in [-0.2, 0) is 9.59 Å². The number of nitrogens with one attached hydrogen (secondary N) is 1. The maximum absolute atomic E-state index is 13.5. The largest absolute Gasteiger partial charge is 0.497 e. The second-order valence-electron chi connectivity index (χ2n) is 7.85. The minimum atomic E-state index is -0.558. The van der Waals surface area contributed by atoms with Crippen molar-refractivity contribution in [3.63, 3.8) is 0 Å². The Kier molecular flexibility index (Phi) is 6.21. The molecule has 0 radical (unpaired) electrons. The van der Waals surface area contributed by atoms with Gasteiger partial charge in [0.2, 0.25) is 0 Å². The van der Waals surface area contributed by atoms with Crippen molar-refractivity contribution in [3.05, 3.63) is 70.7 Å². The van der Waals surface area contributed by atoms with Crippen molar-refractivity contribution >= 4 is 40.9 Å². The van der Waals surface area contributed by atoms with Gasteiger partial charge in [-0.25, -0.2) is 9.88 Å². The summed E-state index contributed by atoms with van der Waals surface area (Å²) in [5.41, 5.74) is 3.95. The van der Waals surface area contributed by atoms with E-state index in [0.717, 1.165) is 28.3 Å². The zero-order chi connectivity index (χ0) is 24.6. The Morgan fingerprint density at radius 1 is 1.03 bits per heavy atom. The van der Waals surface area contributed by atoms with Crippen LogP contribution in [0, 0.1) is 20.8 Å². The zero-order valence-corrected chi connectivity index (χ0v) is 20.3. The standard InChI is InChI=1S/C25H24N4O4S/c1-14-8-9-26-22(10-14)28-15(2)11-17(16(28)3)12-19-23(30)27-25(34)29(24(19)31)20-7-6-18(32-4)13-21(20)33-5/h6-13H,1-5H3,(H,27,30,34)/b19-12+. The van der Waals surface area contributed by atoms with E-state index < -0.39 is 11.8 Å². The van der Waals surface area contributed by atoms with Gasteiger partial charge in [-0.05, 0) is 80.5 Å². The van der Waals surface area contributed by atoms with Crippen molar-refractivity contribution in [2.24, 2.45) is 0 Å². The molecule has 1 saturated heterocycles. The molecule has 2 aromatic heterocycles. The van der Waals surface area contributed by atoms with Crippen LogP contribution in [-0.4, -0.2) is 40.7 Å². The normalized spacial score (nSPS) is 15.0. The summed E-state index contributed by atoms with van der Waals surface area (Å²) in [7, 11) is 3.02. The molecular formula is C25H24N4O4S. The van der Waals surface area contributed by atoms with Crippen molar-refractivity contribution in [2.45, 2.75) is 20.8 Å². The van der Waals surface area contributed by atoms with Crippen LogP contribution in [0.5, 0.6) is 11.5 Å². The van der Waals surface area contributed by atoms with Crippen molar-refractivity contribution < 1.29 is 19.1 Å². The van der Waals surface area contributed by atoms with Gasteiger partial charge >= 0.3 is 0 Å². The van der Waals surface area contributed by atoms with E-state index in [-0.39, 0.29) is 10.7 Å². The maximum atomic E-state index is 13.5. The molecule has 3 aromatic rings. The van der Waals surface area contributed by atoms with E-state index in [0.29, 0.717) is 17.2 Å². The third-order valence-electron chi connectivity index (χ3n) is 5.63. The van der Waals surface area contributed by atoms with Gasteiger partial charge in [-0.15, -0.1) is 0 Å². The highest BCUT2D eigenvalue weighted by atomic mass is 32.1. The van der Waals surface area contributed by atoms with Gasteiger partial charge in [-0.1, -0.05) is 0 Å². The molecule has 0 unspecified atom stereocenters. The predicted molar refractivity (Wildman–Crippen MR) is 134 cm³/mol. The number of rotatable bonds is 5. The van der Waals surface area contributed by atoms with Gasteiger partial charge < -0.3 is 14.0 Å². The Hall–Kier alpha value is -3.98. The van der Waals surface area contributed by atoms with Crippen LogP contribution in [0.15, 0.2) is 48.2 Å². The summed E-state index contributed by atoms with van der Waals surface area (Å²) in [5.74, 6) is 0.611. The van der Waals surface area contributed by atoms with Crippen molar-refractivity contribution in [3.8, 4) is 17.3 Å². The van der Waals surface area contributed by atoms with E-state index in [2.05, 4.69) is 10.3 Å². The summed E-state index contributed by atoms with van der Waals surface area (Å²) in [6.07, 6.45) is 3.33. The smallest absolute Gasteiger partial charge is 0.270 e. The summed E-state index contributed by atoms with van der Waals surface area (Å²) < 4.78 is 12.7. The molecule has 0 saturated carbocycles. The van der Waals surface area contributed by atoms with E-state index in [1.165, 1.54) is 19.1 Å². The summed E-state index contributed by atoms with van der Waals surface area (Å²) in [4.78, 5) is 32.0. The maximum Gasteiger partial charge on any atom is 0.270 e. The first-order chi connectivity index (χ1) is 16.2. The number of aryl methyl sites for hydroxylation is 2. The van der Waals surface area contributed by atoms with Crippen LogP contribution in [0.25, 0.3) is 11.9 Å². The number of thiocarbonyl (C=S) groups is 1. The molecule has 2 amide bonds. The summed E-state index contributed by atoms with van der Waals surface area (Å²) in [6, 6.07) is 10.8. The molecule has 1 aromatic carbocycles. The Morgan fingerprint density at radius 2 is 1.79 bits per heavy atom. The molecule has 9 heteroatoms. The van der Waals surface area contributed by atoms with Gasteiger partial charge in [-0.3, -0.25) is 14.9 Å². The molecule has 3 heterocycles. The minimum absolute atomic E-state index is 0.0231. The van der Waals surface area contributed by atoms with Gasteiger partial charge in [0.05, 0.1) is 19.9 Å². The van der Waals surface area contributed by atoms with Gasteiger partial charge in [0.1, 0.15) is 22.9 Å². The van der Waals surface area contributed by atoms with E-state index >= 15 is 0 Å². The molecule has 174 valence electrons. The summed E-state index contributed by atoms with van der Waals surface area (Å²) >= 11 is 5.32. The van der Waals surface area contributed by atoms with Gasteiger partial charge in [0.25, 0.3) is 11.8 Å². The van der Waals surface area contributed by atoms with Crippen LogP contribution in [0.2, 0.25) is 0 Å². The lowest BCUT2D eigenvalue weighted by Crippen LogP contribution is -2.54. The van der Waals surface area contributed by atoms with E-state index in [1.54, 1.807) is 30.5 Å². The first-order valence-corrected chi connectivity index (χ1v) is 10.9. The lowest BCUT2D eigenvalue weighted by molar-refractivity contribution is -0.122. The SMILES string of the molecule is COc1ccc(N2C(=O)/C(=C/c3cc(C)n(-c4cc(C)ccn4)c3C)C(=O)NC2=S)c(OC)c1. The number of methoxy groups -OCH3 is 2. The second kappa shape index (κ2) is 9.11. The number of aromatic nitrogens is 2. The van der Waals surface area contributed by atoms with Gasteiger partial charge in [0, 0.05) is 23.7 Å². The van der Waals surface area contributed by atoms with E-state index in [1.807, 2.05) is 43.5 Å². The number of amides is 2. The van der Waals surface area contributed by atoms with Crippen LogP contribution in [0.4, 0.5) is 5.69 Å². The molecule has 0 bridgehead atoms. The molecular weight excluding hydrogens is 452 g/mol. The van der Waals surface area contributed by atoms with Crippen LogP contribution < -0.4 is 19.7 Å². The number of carbonyl (C=O) groups excluding carboxylic acids is 2. The number of pyridine rings is 1. The molecule has 0 atom stereocenters. The molecule has 1 fully saturated rings. The number of nitrogens with zero attached hydrogens (tertiary/aromatic N) is 3. The number of ether oxygens (including phenoxy) is 2. The fourth-order valence-electron chi connectivity index (χ4n) is 3.93. The Balaban J connectivity index is 1.78. The van der Waals surface area contributed by atoms with Crippen molar-refractivity contribution in [1.82, 2.24) is 14.9 Å². The fraction of sp³-hybridized carbons (Fsp3) is 0.200. The van der Waals surface area contributed by atoms with Crippen LogP contribution in [0.1, 0.15) is 22.5 Å². The number of hydrogen-bond acceptors (Lipinski definition) is 6. The first-order valence-electron chi connectivity index (χ1n) is 10.5. The highest BCUT2D eigenvalue weighted by Gasteiger charge is 2.36. The number of hydrogen-bond donors (Lipinski definition) is 1. The average Bonchev–Trinajstić information content (AvgIpc) is 3.09. The molecule has 0 aliphatic carbocycles. The molecule has 0 spiro atoms. The van der Waals surface area contributed by atoms with Crippen molar-refractivity contribution in [2.75, 3.05) is 19.1 Å².